The summed E-state index contributed by atoms with van der Waals surface area (Å²) in [4.78, 5) is 42.1. The van der Waals surface area contributed by atoms with Gasteiger partial charge in [-0.05, 0) is 79.3 Å². The largest absolute Gasteiger partial charge is 0.481 e. The van der Waals surface area contributed by atoms with Crippen molar-refractivity contribution in [2.75, 3.05) is 19.6 Å². The molecule has 202 valence electrons. The highest BCUT2D eigenvalue weighted by Crippen LogP contribution is 2.40. The number of benzene rings is 2. The third-order valence-corrected chi connectivity index (χ3v) is 9.10. The Hall–Kier alpha value is -2.61. The molecule has 2 saturated heterocycles. The first kappa shape index (κ1) is 27.0. The number of nitrogens with one attached hydrogen (secondary N) is 1. The number of aliphatic carboxylic acids is 1. The van der Waals surface area contributed by atoms with Gasteiger partial charge in [0.25, 0.3) is 5.91 Å². The van der Waals surface area contributed by atoms with Crippen LogP contribution in [0, 0.1) is 12.8 Å². The number of hydrogen-bond acceptors (Lipinski definition) is 4. The van der Waals surface area contributed by atoms with Gasteiger partial charge in [0.15, 0.2) is 0 Å². The van der Waals surface area contributed by atoms with Crippen LogP contribution in [0.2, 0.25) is 10.0 Å². The van der Waals surface area contributed by atoms with Crippen LogP contribution in [-0.4, -0.2) is 58.0 Å². The molecule has 2 unspecified atom stereocenters. The van der Waals surface area contributed by atoms with Gasteiger partial charge in [-0.15, -0.1) is 0 Å². The number of amides is 3. The van der Waals surface area contributed by atoms with Gasteiger partial charge in [-0.1, -0.05) is 53.9 Å². The van der Waals surface area contributed by atoms with Gasteiger partial charge in [-0.25, -0.2) is 4.79 Å². The van der Waals surface area contributed by atoms with E-state index in [-0.39, 0.29) is 24.4 Å². The molecule has 2 aromatic rings. The zero-order valence-electron chi connectivity index (χ0n) is 21.5. The molecule has 3 fully saturated rings. The third kappa shape index (κ3) is 5.16. The molecule has 1 saturated carbocycles. The molecule has 0 radical (unpaired) electrons. The van der Waals surface area contributed by atoms with Crippen LogP contribution in [0.4, 0.5) is 4.79 Å². The fourth-order valence-electron chi connectivity index (χ4n) is 5.97. The van der Waals surface area contributed by atoms with Gasteiger partial charge in [0, 0.05) is 35.7 Å². The minimum Gasteiger partial charge on any atom is -0.481 e. The summed E-state index contributed by atoms with van der Waals surface area (Å²) in [5.74, 6) is -0.591. The molecule has 2 atom stereocenters. The summed E-state index contributed by atoms with van der Waals surface area (Å²) in [6.45, 7) is 3.12. The first-order valence-corrected chi connectivity index (χ1v) is 14.1. The second-order valence-corrected chi connectivity index (χ2v) is 11.7. The lowest BCUT2D eigenvalue weighted by Crippen LogP contribution is -2.60. The van der Waals surface area contributed by atoms with E-state index in [1.807, 2.05) is 31.2 Å². The van der Waals surface area contributed by atoms with E-state index in [9.17, 15) is 19.5 Å². The first-order chi connectivity index (χ1) is 18.2. The van der Waals surface area contributed by atoms with E-state index in [0.29, 0.717) is 54.9 Å². The van der Waals surface area contributed by atoms with Crippen molar-refractivity contribution in [3.63, 3.8) is 0 Å². The summed E-state index contributed by atoms with van der Waals surface area (Å²) in [6.07, 6.45) is 4.94. The maximum absolute atomic E-state index is 13.9. The Morgan fingerprint density at radius 1 is 1.11 bits per heavy atom. The van der Waals surface area contributed by atoms with Gasteiger partial charge in [0.05, 0.1) is 6.42 Å². The summed E-state index contributed by atoms with van der Waals surface area (Å²) in [5.41, 5.74) is 2.68. The topological polar surface area (TPSA) is 90.0 Å². The van der Waals surface area contributed by atoms with E-state index in [1.165, 1.54) is 4.90 Å². The van der Waals surface area contributed by atoms with Crippen molar-refractivity contribution in [2.24, 2.45) is 5.92 Å². The van der Waals surface area contributed by atoms with Crippen LogP contribution in [0.15, 0.2) is 36.4 Å². The Morgan fingerprint density at radius 3 is 2.53 bits per heavy atom. The fraction of sp³-hybridized carbons (Fsp3) is 0.483. The molecule has 2 aromatic carbocycles. The molecule has 5 rings (SSSR count). The Kier molecular flexibility index (Phi) is 7.72. The monoisotopic (exact) mass is 557 g/mol. The van der Waals surface area contributed by atoms with Crippen molar-refractivity contribution in [2.45, 2.75) is 63.5 Å². The predicted molar refractivity (Wildman–Crippen MR) is 147 cm³/mol. The number of imide groups is 1. The molecular formula is C29H33Cl2N3O4. The molecule has 3 amide bonds. The van der Waals surface area contributed by atoms with Crippen molar-refractivity contribution in [1.29, 1.82) is 0 Å². The number of nitrogens with zero attached hydrogens (tertiary/aromatic N) is 2. The molecule has 3 aliphatic rings. The minimum absolute atomic E-state index is 0.0232. The second kappa shape index (κ2) is 10.9. The maximum atomic E-state index is 13.9. The molecule has 0 bridgehead atoms. The summed E-state index contributed by atoms with van der Waals surface area (Å²) in [6, 6.07) is 11.0. The van der Waals surface area contributed by atoms with Crippen LogP contribution in [0.1, 0.15) is 60.4 Å². The molecule has 7 nitrogen and oxygen atoms in total. The number of carboxylic acid groups (broad SMARTS) is 1. The van der Waals surface area contributed by atoms with Crippen LogP contribution in [-0.2, 0) is 22.4 Å². The highest BCUT2D eigenvalue weighted by molar-refractivity contribution is 6.35. The number of hydrogen-bond donors (Lipinski definition) is 2. The molecule has 2 aliphatic heterocycles. The molecule has 1 aliphatic carbocycles. The molecule has 2 N–H and O–H groups in total. The summed E-state index contributed by atoms with van der Waals surface area (Å²) >= 11 is 12.5. The van der Waals surface area contributed by atoms with E-state index < -0.39 is 11.5 Å². The van der Waals surface area contributed by atoms with Gasteiger partial charge in [-0.2, -0.15) is 0 Å². The maximum Gasteiger partial charge on any atom is 0.327 e. The van der Waals surface area contributed by atoms with Crippen LogP contribution < -0.4 is 5.32 Å². The molecule has 2 heterocycles. The third-order valence-electron chi connectivity index (χ3n) is 8.51. The molecule has 1 spiro atoms. The van der Waals surface area contributed by atoms with E-state index >= 15 is 0 Å². The number of carbonyl (C=O) groups is 3. The second-order valence-electron chi connectivity index (χ2n) is 10.9. The predicted octanol–water partition coefficient (Wildman–Crippen LogP) is 5.40. The van der Waals surface area contributed by atoms with Gasteiger partial charge < -0.3 is 15.3 Å². The summed E-state index contributed by atoms with van der Waals surface area (Å²) in [7, 11) is 0. The zero-order chi connectivity index (χ0) is 27.0. The number of halogens is 2. The Labute approximate surface area is 233 Å². The smallest absolute Gasteiger partial charge is 0.327 e. The Morgan fingerprint density at radius 2 is 1.89 bits per heavy atom. The highest BCUT2D eigenvalue weighted by atomic mass is 35.5. The van der Waals surface area contributed by atoms with Gasteiger partial charge in [0.1, 0.15) is 5.54 Å². The number of rotatable bonds is 8. The van der Waals surface area contributed by atoms with E-state index in [0.717, 1.165) is 41.5 Å². The van der Waals surface area contributed by atoms with E-state index in [2.05, 4.69) is 5.32 Å². The molecular weight excluding hydrogens is 525 g/mol. The van der Waals surface area contributed by atoms with E-state index in [1.54, 1.807) is 17.0 Å². The average molecular weight is 559 g/mol. The van der Waals surface area contributed by atoms with Crippen molar-refractivity contribution in [1.82, 2.24) is 15.1 Å². The fourth-order valence-corrected chi connectivity index (χ4v) is 6.47. The average Bonchev–Trinajstić information content (AvgIpc) is 3.03. The van der Waals surface area contributed by atoms with E-state index in [4.69, 9.17) is 23.2 Å². The van der Waals surface area contributed by atoms with Crippen molar-refractivity contribution in [3.8, 4) is 0 Å². The zero-order valence-corrected chi connectivity index (χ0v) is 23.0. The van der Waals surface area contributed by atoms with Gasteiger partial charge in [0.2, 0.25) is 0 Å². The quantitative estimate of drug-likeness (QED) is 0.424. The molecule has 0 aromatic heterocycles. The summed E-state index contributed by atoms with van der Waals surface area (Å²) in [5, 5.41) is 13.9. The van der Waals surface area contributed by atoms with Crippen LogP contribution in [0.3, 0.4) is 0 Å². The minimum atomic E-state index is -0.940. The normalized spacial score (nSPS) is 23.8. The lowest BCUT2D eigenvalue weighted by Gasteiger charge is -2.41. The number of piperidine rings is 1. The Balaban J connectivity index is 1.36. The van der Waals surface area contributed by atoms with Crippen molar-refractivity contribution < 1.29 is 19.5 Å². The van der Waals surface area contributed by atoms with Crippen LogP contribution in [0.5, 0.6) is 0 Å². The standard InChI is InChI=1S/C29H33Cl2N3O4/c1-18-5-6-21(13-22(18)14-26(35)36)25-9-11-29(17-32-25)27(37)33(16-19-3-2-4-19)28(38)34(29)12-10-20-7-8-23(30)15-24(20)31/h5-8,13,15,19,25,32H,2-4,9-12,14,16-17H2,1H3,(H,35,36). The van der Waals surface area contributed by atoms with Crippen LogP contribution in [0.25, 0.3) is 0 Å². The van der Waals surface area contributed by atoms with Gasteiger partial charge >= 0.3 is 12.0 Å². The van der Waals surface area contributed by atoms with Crippen molar-refractivity contribution in [3.05, 3.63) is 68.7 Å². The first-order valence-electron chi connectivity index (χ1n) is 13.3. The van der Waals surface area contributed by atoms with Crippen molar-refractivity contribution >= 4 is 41.1 Å². The van der Waals surface area contributed by atoms with Gasteiger partial charge in [-0.3, -0.25) is 14.5 Å². The Bertz CT molecular complexity index is 1250. The number of urea groups is 1. The lowest BCUT2D eigenvalue weighted by atomic mass is 9.82. The summed E-state index contributed by atoms with van der Waals surface area (Å²) < 4.78 is 0. The number of carbonyl (C=O) groups excluding carboxylic acids is 2. The number of carboxylic acids is 1. The highest BCUT2D eigenvalue weighted by Gasteiger charge is 2.58. The number of aryl methyl sites for hydroxylation is 1. The SMILES string of the molecule is Cc1ccc(C2CCC3(CN2)C(=O)N(CC2CCC2)C(=O)N3CCc2ccc(Cl)cc2Cl)cc1CC(=O)O. The van der Waals surface area contributed by atoms with Crippen LogP contribution >= 0.6 is 23.2 Å². The lowest BCUT2D eigenvalue weighted by molar-refractivity contribution is -0.136. The molecule has 38 heavy (non-hydrogen) atoms. The molecule has 9 heteroatoms.